The lowest BCUT2D eigenvalue weighted by Crippen LogP contribution is -2.39. The molecular weight excluding hydrogens is 842 g/mol. The van der Waals surface area contributed by atoms with Gasteiger partial charge in [-0.15, -0.1) is 0 Å². The standard InChI is InChI=1S/C44H34F5N11O4/c1-22-15-27(16-23(2)38(22)45)60-40(59-14-13-58(43(59)63)34-8-7-32-29(39(34)46)19-51-55(32)4)37-24(3)57(12-10-31(37)53-60)41(61)30-21-56-20-26(25-9-11-50-35(17-25)44(47,48)49)5-6-33(56)28(30)18-36-52-42(62)64-54-36/h5-9,11,13-17,19-21,24H,10,12,18H2,1-4H3,(H,52,54,62)/t24-/m0/s1. The average molecular weight is 876 g/mol. The van der Waals surface area contributed by atoms with Crippen molar-refractivity contribution < 1.29 is 31.3 Å². The topological polar surface area (TPSA) is 159 Å². The van der Waals surface area contributed by atoms with Gasteiger partial charge in [-0.25, -0.2) is 23.1 Å². The molecule has 1 aliphatic heterocycles. The van der Waals surface area contributed by atoms with Gasteiger partial charge in [-0.1, -0.05) is 11.2 Å². The van der Waals surface area contributed by atoms with Gasteiger partial charge in [0.05, 0.1) is 45.8 Å². The lowest BCUT2D eigenvalue weighted by molar-refractivity contribution is -0.141. The molecule has 7 aromatic heterocycles. The molecule has 9 aromatic rings. The van der Waals surface area contributed by atoms with Crippen LogP contribution in [0.4, 0.5) is 22.0 Å². The van der Waals surface area contributed by atoms with Crippen LogP contribution in [0.1, 0.15) is 62.8 Å². The Hall–Kier alpha value is -7.90. The smallest absolute Gasteiger partial charge is 0.331 e. The lowest BCUT2D eigenvalue weighted by Gasteiger charge is -2.33. The minimum absolute atomic E-state index is 0.0165. The molecule has 1 aliphatic rings. The fourth-order valence-corrected chi connectivity index (χ4v) is 8.68. The van der Waals surface area contributed by atoms with Gasteiger partial charge in [-0.05, 0) is 91.1 Å². The van der Waals surface area contributed by atoms with Crippen molar-refractivity contribution in [3.8, 4) is 28.3 Å². The highest BCUT2D eigenvalue weighted by Gasteiger charge is 2.37. The molecule has 8 heterocycles. The highest BCUT2D eigenvalue weighted by Crippen LogP contribution is 2.38. The first-order valence-electron chi connectivity index (χ1n) is 19.9. The van der Waals surface area contributed by atoms with Crippen LogP contribution in [0.15, 0.2) is 99.8 Å². The molecule has 64 heavy (non-hydrogen) atoms. The zero-order valence-electron chi connectivity index (χ0n) is 34.3. The molecule has 20 heteroatoms. The Morgan fingerprint density at radius 1 is 0.938 bits per heavy atom. The van der Waals surface area contributed by atoms with E-state index in [-0.39, 0.29) is 53.2 Å². The molecule has 1 N–H and O–H groups in total. The van der Waals surface area contributed by atoms with Crippen molar-refractivity contribution in [3.63, 3.8) is 0 Å². The van der Waals surface area contributed by atoms with E-state index in [4.69, 9.17) is 9.62 Å². The van der Waals surface area contributed by atoms with Crippen molar-refractivity contribution in [1.29, 1.82) is 0 Å². The van der Waals surface area contributed by atoms with Crippen LogP contribution < -0.4 is 11.4 Å². The molecule has 0 bridgehead atoms. The van der Waals surface area contributed by atoms with E-state index in [1.807, 2.05) is 0 Å². The van der Waals surface area contributed by atoms with Gasteiger partial charge in [-0.2, -0.15) is 23.4 Å². The first-order chi connectivity index (χ1) is 30.6. The number of alkyl halides is 3. The summed E-state index contributed by atoms with van der Waals surface area (Å²) in [5.74, 6) is -1.92. The molecule has 2 aromatic carbocycles. The number of rotatable bonds is 7. The number of pyridine rings is 2. The van der Waals surface area contributed by atoms with Crippen LogP contribution in [0.5, 0.6) is 0 Å². The van der Waals surface area contributed by atoms with Gasteiger partial charge in [0.1, 0.15) is 17.3 Å². The Kier molecular flexibility index (Phi) is 9.17. The summed E-state index contributed by atoms with van der Waals surface area (Å²) in [5.41, 5.74) is 2.81. The highest BCUT2D eigenvalue weighted by molar-refractivity contribution is 5.98. The second kappa shape index (κ2) is 14.6. The fraction of sp³-hybridized carbons (Fsp3) is 0.205. The molecule has 0 saturated carbocycles. The number of carbonyl (C=O) groups is 1. The third kappa shape index (κ3) is 6.42. The van der Waals surface area contributed by atoms with Crippen molar-refractivity contribution in [2.45, 2.75) is 45.8 Å². The summed E-state index contributed by atoms with van der Waals surface area (Å²) in [5, 5.41) is 13.1. The monoisotopic (exact) mass is 875 g/mol. The summed E-state index contributed by atoms with van der Waals surface area (Å²) in [6.07, 6.45) is 4.04. The van der Waals surface area contributed by atoms with E-state index in [0.29, 0.717) is 50.2 Å². The second-order valence-electron chi connectivity index (χ2n) is 15.7. The molecule has 0 saturated heterocycles. The van der Waals surface area contributed by atoms with Crippen molar-refractivity contribution in [3.05, 3.63) is 163 Å². The van der Waals surface area contributed by atoms with E-state index in [1.54, 1.807) is 79.8 Å². The summed E-state index contributed by atoms with van der Waals surface area (Å²) < 4.78 is 83.8. The van der Waals surface area contributed by atoms with Gasteiger partial charge in [0.2, 0.25) is 0 Å². The van der Waals surface area contributed by atoms with Gasteiger partial charge in [0.25, 0.3) is 5.91 Å². The minimum atomic E-state index is -4.67. The largest absolute Gasteiger partial charge is 0.438 e. The van der Waals surface area contributed by atoms with Gasteiger partial charge in [-0.3, -0.25) is 33.1 Å². The van der Waals surface area contributed by atoms with Crippen LogP contribution in [0.3, 0.4) is 0 Å². The van der Waals surface area contributed by atoms with Gasteiger partial charge in [0, 0.05) is 68.5 Å². The maximum Gasteiger partial charge on any atom is 0.438 e. The number of halogens is 5. The number of fused-ring (bicyclic) bond motifs is 3. The molecule has 324 valence electrons. The summed E-state index contributed by atoms with van der Waals surface area (Å²) in [4.78, 5) is 49.1. The second-order valence-corrected chi connectivity index (χ2v) is 15.7. The fourth-order valence-electron chi connectivity index (χ4n) is 8.68. The highest BCUT2D eigenvalue weighted by atomic mass is 19.4. The van der Waals surface area contributed by atoms with Crippen molar-refractivity contribution in [1.82, 2.24) is 53.1 Å². The summed E-state index contributed by atoms with van der Waals surface area (Å²) in [6.45, 7) is 5.19. The average Bonchev–Trinajstić information content (AvgIpc) is 4.11. The summed E-state index contributed by atoms with van der Waals surface area (Å²) in [7, 11) is 1.68. The normalized spacial score (nSPS) is 14.3. The Labute approximate surface area is 357 Å². The SMILES string of the molecule is Cc1cc(-n2nc3c(c2-n2ccn(-c4ccc5c(cnn5C)c4F)c2=O)[C@H](C)N(C(=O)c2cn4cc(-c5ccnc(C(F)(F)F)c5)ccc4c2Cc2noc(=O)[nH]2)CC3)cc(C)c1F. The number of amides is 1. The molecule has 0 aliphatic carbocycles. The van der Waals surface area contributed by atoms with E-state index >= 15 is 13.6 Å². The number of nitrogens with one attached hydrogen (secondary N) is 1. The van der Waals surface area contributed by atoms with Crippen LogP contribution in [0, 0.1) is 25.5 Å². The molecule has 10 rings (SSSR count). The van der Waals surface area contributed by atoms with E-state index in [9.17, 15) is 22.8 Å². The maximum absolute atomic E-state index is 16.0. The number of hydrogen-bond acceptors (Lipinski definition) is 8. The Balaban J connectivity index is 1.10. The molecule has 15 nitrogen and oxygen atoms in total. The summed E-state index contributed by atoms with van der Waals surface area (Å²) >= 11 is 0. The molecule has 0 spiro atoms. The zero-order chi connectivity index (χ0) is 44.9. The Morgan fingerprint density at radius 3 is 2.42 bits per heavy atom. The lowest BCUT2D eigenvalue weighted by atomic mass is 9.97. The van der Waals surface area contributed by atoms with Gasteiger partial charge in [0.15, 0.2) is 11.6 Å². The predicted octanol–water partition coefficient (Wildman–Crippen LogP) is 6.96. The zero-order valence-corrected chi connectivity index (χ0v) is 34.3. The number of benzene rings is 2. The van der Waals surface area contributed by atoms with E-state index in [2.05, 4.69) is 20.2 Å². The molecule has 0 unspecified atom stereocenters. The minimum Gasteiger partial charge on any atom is -0.331 e. The van der Waals surface area contributed by atoms with E-state index in [0.717, 1.165) is 12.3 Å². The van der Waals surface area contributed by atoms with Crippen LogP contribution in [-0.4, -0.2) is 65.6 Å². The van der Waals surface area contributed by atoms with Gasteiger partial charge < -0.3 is 9.30 Å². The predicted molar refractivity (Wildman–Crippen MR) is 221 cm³/mol. The molecule has 1 amide bonds. The van der Waals surface area contributed by atoms with Crippen LogP contribution in [-0.2, 0) is 26.1 Å². The van der Waals surface area contributed by atoms with Gasteiger partial charge >= 0.3 is 17.6 Å². The molecule has 0 radical (unpaired) electrons. The Morgan fingerprint density at radius 2 is 1.69 bits per heavy atom. The Bertz CT molecular complexity index is 3470. The molecule has 0 fully saturated rings. The van der Waals surface area contributed by atoms with Crippen molar-refractivity contribution in [2.75, 3.05) is 6.54 Å². The molecule has 1 atom stereocenters. The van der Waals surface area contributed by atoms with Crippen LogP contribution in [0.2, 0.25) is 0 Å². The molecular formula is C44H34F5N11O4. The number of aromatic nitrogens is 10. The number of H-pyrrole nitrogens is 1. The van der Waals surface area contributed by atoms with Crippen LogP contribution >= 0.6 is 0 Å². The number of aromatic amines is 1. The van der Waals surface area contributed by atoms with E-state index < -0.39 is 46.9 Å². The quantitative estimate of drug-likeness (QED) is 0.169. The number of aryl methyl sites for hydroxylation is 3. The number of imidazole rings is 1. The number of hydrogen-bond donors (Lipinski definition) is 1. The summed E-state index contributed by atoms with van der Waals surface area (Å²) in [6, 6.07) is 11.3. The third-order valence-electron chi connectivity index (χ3n) is 11.8. The maximum atomic E-state index is 16.0. The van der Waals surface area contributed by atoms with Crippen molar-refractivity contribution >= 4 is 22.3 Å². The van der Waals surface area contributed by atoms with E-state index in [1.165, 1.54) is 49.2 Å². The van der Waals surface area contributed by atoms with Crippen LogP contribution in [0.25, 0.3) is 44.7 Å². The number of nitrogens with zero attached hydrogens (tertiary/aromatic N) is 10. The number of carbonyl (C=O) groups excluding carboxylic acids is 1. The third-order valence-corrected chi connectivity index (χ3v) is 11.8. The first-order valence-corrected chi connectivity index (χ1v) is 19.9. The van der Waals surface area contributed by atoms with Crippen molar-refractivity contribution in [2.24, 2.45) is 7.05 Å². The first kappa shape index (κ1) is 40.2.